The minimum atomic E-state index is -4.73. The molecule has 0 radical (unpaired) electrons. The van der Waals surface area contributed by atoms with Gasteiger partial charge < -0.3 is 14.4 Å². The van der Waals surface area contributed by atoms with Crippen molar-refractivity contribution < 1.29 is 27.5 Å². The lowest BCUT2D eigenvalue weighted by atomic mass is 10.0. The van der Waals surface area contributed by atoms with Crippen molar-refractivity contribution in [3.63, 3.8) is 0 Å². The van der Waals surface area contributed by atoms with Gasteiger partial charge in [-0.25, -0.2) is 4.98 Å². The minimum Gasteiger partial charge on any atom is -0.506 e. The molecule has 0 saturated heterocycles. The highest BCUT2D eigenvalue weighted by Crippen LogP contribution is 2.47. The Morgan fingerprint density at radius 3 is 2.69 bits per heavy atom. The van der Waals surface area contributed by atoms with Crippen molar-refractivity contribution in [1.82, 2.24) is 14.7 Å². The molecule has 1 aliphatic rings. The zero-order chi connectivity index (χ0) is 25.2. The number of hydrogen-bond acceptors (Lipinski definition) is 7. The number of phenols is 1. The fraction of sp³-hybridized carbons (Fsp3) is 0.240. The Labute approximate surface area is 205 Å². The highest BCUT2D eigenvalue weighted by atomic mass is 32.1. The van der Waals surface area contributed by atoms with Gasteiger partial charge in [0, 0.05) is 17.0 Å². The smallest absolute Gasteiger partial charge is 0.420 e. The number of rotatable bonds is 5. The van der Waals surface area contributed by atoms with Crippen molar-refractivity contribution in [3.8, 4) is 22.9 Å². The van der Waals surface area contributed by atoms with Crippen LogP contribution in [0.25, 0.3) is 31.7 Å². The lowest BCUT2D eigenvalue weighted by Crippen LogP contribution is -2.24. The van der Waals surface area contributed by atoms with E-state index in [1.807, 2.05) is 12.1 Å². The predicted molar refractivity (Wildman–Crippen MR) is 128 cm³/mol. The van der Waals surface area contributed by atoms with Crippen molar-refractivity contribution in [2.24, 2.45) is 0 Å². The first-order chi connectivity index (χ1) is 17.3. The van der Waals surface area contributed by atoms with Gasteiger partial charge in [0.2, 0.25) is 0 Å². The van der Waals surface area contributed by atoms with E-state index in [4.69, 9.17) is 14.2 Å². The molecule has 1 saturated carbocycles. The average Bonchev–Trinajstić information content (AvgIpc) is 3.43. The molecule has 1 N–H and O–H groups in total. The first-order valence-electron chi connectivity index (χ1n) is 11.1. The van der Waals surface area contributed by atoms with Crippen LogP contribution in [0.3, 0.4) is 0 Å². The summed E-state index contributed by atoms with van der Waals surface area (Å²) >= 11 is 0.861. The quantitative estimate of drug-likeness (QED) is 0.314. The maximum absolute atomic E-state index is 13.9. The molecule has 3 heterocycles. The molecular weight excluding hydrogens is 495 g/mol. The molecule has 184 valence electrons. The van der Waals surface area contributed by atoms with Crippen LogP contribution in [0, 0.1) is 0 Å². The second-order valence-corrected chi connectivity index (χ2v) is 9.65. The third-order valence-electron chi connectivity index (χ3n) is 6.36. The summed E-state index contributed by atoms with van der Waals surface area (Å²) in [4.78, 5) is 18.9. The molecule has 0 amide bonds. The van der Waals surface area contributed by atoms with Crippen LogP contribution in [0.4, 0.5) is 13.2 Å². The second-order valence-electron chi connectivity index (χ2n) is 8.65. The van der Waals surface area contributed by atoms with Crippen molar-refractivity contribution in [2.75, 3.05) is 7.11 Å². The Morgan fingerprint density at radius 2 is 2.03 bits per heavy atom. The summed E-state index contributed by atoms with van der Waals surface area (Å²) in [6.45, 7) is 0.0250. The van der Waals surface area contributed by atoms with Gasteiger partial charge in [0.1, 0.15) is 22.2 Å². The van der Waals surface area contributed by atoms with E-state index in [-0.39, 0.29) is 26.8 Å². The van der Waals surface area contributed by atoms with Crippen LogP contribution in [0.15, 0.2) is 51.9 Å². The maximum Gasteiger partial charge on any atom is 0.420 e. The second kappa shape index (κ2) is 8.09. The van der Waals surface area contributed by atoms with Crippen LogP contribution in [0.5, 0.6) is 11.5 Å². The predicted octanol–water partition coefficient (Wildman–Crippen LogP) is 5.92. The molecule has 0 spiro atoms. The lowest BCUT2D eigenvalue weighted by Gasteiger charge is -2.15. The molecule has 3 aromatic heterocycles. The number of halogens is 3. The third kappa shape index (κ3) is 3.62. The van der Waals surface area contributed by atoms with Crippen LogP contribution in [0.2, 0.25) is 0 Å². The number of aromatic nitrogens is 3. The number of nitrogens with zero attached hydrogens (tertiary/aromatic N) is 3. The number of hydrogen-bond donors (Lipinski definition) is 1. The van der Waals surface area contributed by atoms with Gasteiger partial charge in [-0.1, -0.05) is 11.2 Å². The van der Waals surface area contributed by atoms with Gasteiger partial charge >= 0.3 is 6.18 Å². The first-order valence-corrected chi connectivity index (χ1v) is 11.9. The summed E-state index contributed by atoms with van der Waals surface area (Å²) in [7, 11) is 1.58. The molecular formula is C25H18F3N3O4S. The topological polar surface area (TPSA) is 90.4 Å². The van der Waals surface area contributed by atoms with E-state index in [1.54, 1.807) is 19.2 Å². The molecule has 5 aromatic rings. The van der Waals surface area contributed by atoms with Crippen molar-refractivity contribution >= 4 is 31.6 Å². The Morgan fingerprint density at radius 1 is 1.22 bits per heavy atom. The largest absolute Gasteiger partial charge is 0.506 e. The van der Waals surface area contributed by atoms with E-state index < -0.39 is 23.0 Å². The van der Waals surface area contributed by atoms with Crippen LogP contribution in [-0.2, 0) is 12.7 Å². The summed E-state index contributed by atoms with van der Waals surface area (Å²) in [6, 6.07) is 9.16. The lowest BCUT2D eigenvalue weighted by molar-refractivity contribution is -0.138. The maximum atomic E-state index is 13.9. The number of phenolic OH excluding ortho intramolecular Hbond substituents is 1. The minimum absolute atomic E-state index is 0.0250. The van der Waals surface area contributed by atoms with Gasteiger partial charge in [0.25, 0.3) is 5.56 Å². The normalized spacial score (nSPS) is 14.1. The van der Waals surface area contributed by atoms with Crippen LogP contribution >= 0.6 is 11.3 Å². The van der Waals surface area contributed by atoms with E-state index in [1.165, 1.54) is 16.8 Å². The van der Waals surface area contributed by atoms with Gasteiger partial charge in [-0.3, -0.25) is 9.36 Å². The number of alkyl halides is 3. The fourth-order valence-electron chi connectivity index (χ4n) is 4.47. The summed E-state index contributed by atoms with van der Waals surface area (Å²) in [5, 5.41) is 14.5. The molecule has 0 bridgehead atoms. The van der Waals surface area contributed by atoms with E-state index in [9.17, 15) is 23.1 Å². The molecule has 36 heavy (non-hydrogen) atoms. The zero-order valence-electron chi connectivity index (χ0n) is 18.8. The van der Waals surface area contributed by atoms with Gasteiger partial charge in [-0.2, -0.15) is 13.2 Å². The molecule has 1 aliphatic carbocycles. The van der Waals surface area contributed by atoms with Crippen molar-refractivity contribution in [2.45, 2.75) is 31.5 Å². The number of ether oxygens (including phenoxy) is 1. The average molecular weight is 513 g/mol. The molecule has 6 rings (SSSR count). The van der Waals surface area contributed by atoms with Gasteiger partial charge in [-0.15, -0.1) is 11.3 Å². The summed E-state index contributed by atoms with van der Waals surface area (Å²) in [6.07, 6.45) is -1.29. The van der Waals surface area contributed by atoms with E-state index >= 15 is 0 Å². The third-order valence-corrected chi connectivity index (χ3v) is 7.47. The molecule has 7 nitrogen and oxygen atoms in total. The van der Waals surface area contributed by atoms with Gasteiger partial charge in [-0.05, 0) is 48.6 Å². The summed E-state index contributed by atoms with van der Waals surface area (Å²) < 4.78 is 52.2. The van der Waals surface area contributed by atoms with Crippen LogP contribution in [-0.4, -0.2) is 26.9 Å². The molecule has 11 heteroatoms. The highest BCUT2D eigenvalue weighted by Gasteiger charge is 2.35. The Bertz CT molecular complexity index is 1690. The van der Waals surface area contributed by atoms with E-state index in [0.29, 0.717) is 23.3 Å². The molecule has 0 unspecified atom stereocenters. The highest BCUT2D eigenvalue weighted by molar-refractivity contribution is 7.25. The van der Waals surface area contributed by atoms with Crippen molar-refractivity contribution in [1.29, 1.82) is 0 Å². The number of benzene rings is 2. The zero-order valence-corrected chi connectivity index (χ0v) is 19.6. The fourth-order valence-corrected chi connectivity index (χ4v) is 5.58. The first kappa shape index (κ1) is 22.6. The molecule has 0 aliphatic heterocycles. The van der Waals surface area contributed by atoms with E-state index in [0.717, 1.165) is 41.4 Å². The van der Waals surface area contributed by atoms with Gasteiger partial charge in [0.15, 0.2) is 5.76 Å². The number of thiophene rings is 1. The Hall–Kier alpha value is -3.86. The number of methoxy groups -OCH3 is 1. The van der Waals surface area contributed by atoms with Crippen LogP contribution in [0.1, 0.15) is 35.6 Å². The van der Waals surface area contributed by atoms with Gasteiger partial charge in [0.05, 0.1) is 35.5 Å². The standard InChI is InChI=1S/C25H18F3N3O4S/c1-34-13-4-5-15(17(10-13)12-2-3-12)22-30-23-19(24(33)31(22)11-14-8-9-29-35-14)16-6-7-18(25(26,27)28)20(32)21(16)36-23/h4-10,12,32H,2-3,11H2,1H3. The number of aromatic hydroxyl groups is 1. The number of fused-ring (bicyclic) bond motifs is 3. The van der Waals surface area contributed by atoms with Crippen molar-refractivity contribution in [3.05, 3.63) is 69.8 Å². The molecule has 0 atom stereocenters. The van der Waals surface area contributed by atoms with E-state index in [2.05, 4.69) is 5.16 Å². The SMILES string of the molecule is COc1ccc(-c2nc3sc4c(O)c(C(F)(F)F)ccc4c3c(=O)n2Cc2ccno2)c(C2CC2)c1. The Kier molecular flexibility index (Phi) is 5.08. The Balaban J connectivity index is 1.66. The molecule has 1 fully saturated rings. The molecule has 2 aromatic carbocycles. The summed E-state index contributed by atoms with van der Waals surface area (Å²) in [5.74, 6) is 0.840. The van der Waals surface area contributed by atoms with Crippen LogP contribution < -0.4 is 10.3 Å². The monoisotopic (exact) mass is 513 g/mol. The summed E-state index contributed by atoms with van der Waals surface area (Å²) in [5.41, 5.74) is 0.106.